The quantitative estimate of drug-likeness (QED) is 0.793. The van der Waals surface area contributed by atoms with Crippen LogP contribution in [0.4, 0.5) is 4.39 Å². The van der Waals surface area contributed by atoms with Crippen LogP contribution in [0.15, 0.2) is 51.8 Å². The number of hydrogen-bond donors (Lipinski definition) is 0. The van der Waals surface area contributed by atoms with E-state index >= 15 is 0 Å². The molecule has 0 aliphatic carbocycles. The molecule has 3 rings (SSSR count). The van der Waals surface area contributed by atoms with Crippen molar-refractivity contribution in [3.63, 3.8) is 0 Å². The van der Waals surface area contributed by atoms with Gasteiger partial charge in [-0.1, -0.05) is 0 Å². The van der Waals surface area contributed by atoms with Gasteiger partial charge in [-0.25, -0.2) is 19.2 Å². The first-order valence-electron chi connectivity index (χ1n) is 7.53. The summed E-state index contributed by atoms with van der Waals surface area (Å²) in [5, 5.41) is 0. The van der Waals surface area contributed by atoms with Crippen LogP contribution in [0.1, 0.15) is 37.6 Å². The third-order valence-electron chi connectivity index (χ3n) is 3.26. The van der Waals surface area contributed by atoms with Gasteiger partial charge in [0.15, 0.2) is 5.84 Å². The molecule has 0 saturated heterocycles. The van der Waals surface area contributed by atoms with E-state index in [1.807, 2.05) is 6.08 Å². The maximum atomic E-state index is 13.6. The fourth-order valence-electron chi connectivity index (χ4n) is 2.26. The van der Waals surface area contributed by atoms with Gasteiger partial charge in [0.2, 0.25) is 0 Å². The van der Waals surface area contributed by atoms with Crippen molar-refractivity contribution < 1.29 is 18.7 Å². The molecule has 0 N–H and O–H groups in total. The molecule has 0 spiro atoms. The third kappa shape index (κ3) is 3.59. The Morgan fingerprint density at radius 2 is 2.08 bits per heavy atom. The standard InChI is InChI=1S/C18H17FN2O3/c1-18(2,3)24-17(22)14-5-4-12(19)9-15(14)23-13-8-11-6-7-20-16(11)21-10-13/h4-7,9-10H,8H2,1-3H3. The Hall–Kier alpha value is -2.76. The predicted molar refractivity (Wildman–Crippen MR) is 88.9 cm³/mol. The first kappa shape index (κ1) is 16.1. The highest BCUT2D eigenvalue weighted by atomic mass is 19.1. The first-order chi connectivity index (χ1) is 11.3. The number of ether oxygens (including phenoxy) is 2. The summed E-state index contributed by atoms with van der Waals surface area (Å²) in [6.07, 6.45) is 5.51. The second-order valence-electron chi connectivity index (χ2n) is 6.44. The molecule has 0 aromatic heterocycles. The lowest BCUT2D eigenvalue weighted by molar-refractivity contribution is 0.00667. The lowest BCUT2D eigenvalue weighted by Crippen LogP contribution is -2.24. The van der Waals surface area contributed by atoms with Crippen LogP contribution < -0.4 is 4.74 Å². The van der Waals surface area contributed by atoms with Gasteiger partial charge in [-0.3, -0.25) is 0 Å². The lowest BCUT2D eigenvalue weighted by atomic mass is 10.1. The summed E-state index contributed by atoms with van der Waals surface area (Å²) >= 11 is 0. The molecule has 2 aliphatic heterocycles. The van der Waals surface area contributed by atoms with Crippen molar-refractivity contribution in [1.29, 1.82) is 0 Å². The van der Waals surface area contributed by atoms with Gasteiger partial charge < -0.3 is 9.47 Å². The molecule has 24 heavy (non-hydrogen) atoms. The first-order valence-corrected chi connectivity index (χ1v) is 7.53. The molecule has 124 valence electrons. The Morgan fingerprint density at radius 1 is 1.29 bits per heavy atom. The maximum Gasteiger partial charge on any atom is 0.342 e. The van der Waals surface area contributed by atoms with Gasteiger partial charge in [0.05, 0.1) is 6.20 Å². The molecule has 0 amide bonds. The van der Waals surface area contributed by atoms with Crippen molar-refractivity contribution >= 4 is 18.0 Å². The van der Waals surface area contributed by atoms with Gasteiger partial charge in [-0.05, 0) is 39.0 Å². The number of rotatable bonds is 3. The van der Waals surface area contributed by atoms with Crippen molar-refractivity contribution in [3.8, 4) is 5.75 Å². The highest BCUT2D eigenvalue weighted by Gasteiger charge is 2.23. The minimum atomic E-state index is -0.655. The summed E-state index contributed by atoms with van der Waals surface area (Å²) in [5.41, 5.74) is 0.430. The van der Waals surface area contributed by atoms with E-state index in [-0.39, 0.29) is 11.3 Å². The normalized spacial score (nSPS) is 16.1. The van der Waals surface area contributed by atoms with Crippen LogP contribution >= 0.6 is 0 Å². The van der Waals surface area contributed by atoms with Crippen LogP contribution in [-0.2, 0) is 4.74 Å². The molecular weight excluding hydrogens is 311 g/mol. The van der Waals surface area contributed by atoms with Crippen molar-refractivity contribution in [2.45, 2.75) is 32.8 Å². The average Bonchev–Trinajstić information content (AvgIpc) is 2.93. The van der Waals surface area contributed by atoms with E-state index in [0.29, 0.717) is 18.0 Å². The molecule has 0 atom stereocenters. The van der Waals surface area contributed by atoms with Crippen LogP contribution in [-0.4, -0.2) is 23.6 Å². The number of halogens is 1. The number of amidine groups is 1. The van der Waals surface area contributed by atoms with Gasteiger partial charge in [-0.15, -0.1) is 0 Å². The zero-order valence-corrected chi connectivity index (χ0v) is 13.7. The van der Waals surface area contributed by atoms with Crippen LogP contribution in [0.5, 0.6) is 5.75 Å². The van der Waals surface area contributed by atoms with Crippen molar-refractivity contribution in [3.05, 3.63) is 53.2 Å². The fourth-order valence-corrected chi connectivity index (χ4v) is 2.26. The van der Waals surface area contributed by atoms with E-state index in [2.05, 4.69) is 9.98 Å². The van der Waals surface area contributed by atoms with E-state index < -0.39 is 17.4 Å². The number of carbonyl (C=O) groups excluding carboxylic acids is 1. The number of esters is 1. The zero-order valence-electron chi connectivity index (χ0n) is 13.7. The number of fused-ring (bicyclic) bond motifs is 1. The SMILES string of the molecule is CC(C)(C)OC(=O)c1ccc(F)cc1OC1=CN=C2N=CC=C2C1. The minimum Gasteiger partial charge on any atom is -0.459 e. The van der Waals surface area contributed by atoms with E-state index in [9.17, 15) is 9.18 Å². The summed E-state index contributed by atoms with van der Waals surface area (Å²) in [6, 6.07) is 3.72. The summed E-state index contributed by atoms with van der Waals surface area (Å²) in [7, 11) is 0. The molecule has 6 heteroatoms. The number of benzene rings is 1. The van der Waals surface area contributed by atoms with Crippen molar-refractivity contribution in [2.75, 3.05) is 0 Å². The van der Waals surface area contributed by atoms with Gasteiger partial charge in [0.1, 0.15) is 28.5 Å². The molecule has 0 bridgehead atoms. The van der Waals surface area contributed by atoms with Gasteiger partial charge >= 0.3 is 5.97 Å². The van der Waals surface area contributed by atoms with Crippen LogP contribution in [0, 0.1) is 5.82 Å². The van der Waals surface area contributed by atoms with E-state index in [1.54, 1.807) is 27.0 Å². The molecular formula is C18H17FN2O3. The van der Waals surface area contributed by atoms with Crippen LogP contribution in [0.25, 0.3) is 0 Å². The molecule has 1 aromatic carbocycles. The monoisotopic (exact) mass is 328 g/mol. The minimum absolute atomic E-state index is 0.105. The Bertz CT molecular complexity index is 814. The molecule has 2 heterocycles. The third-order valence-corrected chi connectivity index (χ3v) is 3.26. The highest BCUT2D eigenvalue weighted by molar-refractivity contribution is 6.11. The largest absolute Gasteiger partial charge is 0.459 e. The molecule has 0 fully saturated rings. The number of allylic oxidation sites excluding steroid dienone is 2. The molecule has 0 radical (unpaired) electrons. The number of nitrogens with zero attached hydrogens (tertiary/aromatic N) is 2. The number of carbonyl (C=O) groups is 1. The Morgan fingerprint density at radius 3 is 2.83 bits per heavy atom. The second kappa shape index (κ2) is 6.03. The summed E-state index contributed by atoms with van der Waals surface area (Å²) in [6.45, 7) is 5.30. The smallest absolute Gasteiger partial charge is 0.342 e. The topological polar surface area (TPSA) is 60.2 Å². The molecule has 1 aromatic rings. The second-order valence-corrected chi connectivity index (χ2v) is 6.44. The van der Waals surface area contributed by atoms with Gasteiger partial charge in [-0.2, -0.15) is 0 Å². The van der Waals surface area contributed by atoms with Crippen LogP contribution in [0.3, 0.4) is 0 Å². The van der Waals surface area contributed by atoms with E-state index in [0.717, 1.165) is 5.57 Å². The average molecular weight is 328 g/mol. The highest BCUT2D eigenvalue weighted by Crippen LogP contribution is 2.29. The van der Waals surface area contributed by atoms with E-state index in [4.69, 9.17) is 9.47 Å². The Balaban J connectivity index is 1.85. The summed E-state index contributed by atoms with van der Waals surface area (Å²) in [5.74, 6) is 0.191. The number of aliphatic imine (C=N–C) groups is 2. The molecule has 2 aliphatic rings. The number of hydrogen-bond acceptors (Lipinski definition) is 5. The summed E-state index contributed by atoms with van der Waals surface area (Å²) < 4.78 is 24.7. The molecule has 5 nitrogen and oxygen atoms in total. The van der Waals surface area contributed by atoms with Crippen molar-refractivity contribution in [1.82, 2.24) is 0 Å². The maximum absolute atomic E-state index is 13.6. The van der Waals surface area contributed by atoms with Gasteiger partial charge in [0, 0.05) is 24.3 Å². The van der Waals surface area contributed by atoms with Crippen LogP contribution in [0.2, 0.25) is 0 Å². The predicted octanol–water partition coefficient (Wildman–Crippen LogP) is 3.81. The molecule has 0 unspecified atom stereocenters. The van der Waals surface area contributed by atoms with Crippen molar-refractivity contribution in [2.24, 2.45) is 9.98 Å². The summed E-state index contributed by atoms with van der Waals surface area (Å²) in [4.78, 5) is 20.6. The zero-order chi connectivity index (χ0) is 17.3. The lowest BCUT2D eigenvalue weighted by Gasteiger charge is -2.21. The fraction of sp³-hybridized carbons (Fsp3) is 0.278. The van der Waals surface area contributed by atoms with Gasteiger partial charge in [0.25, 0.3) is 0 Å². The Kier molecular flexibility index (Phi) is 4.05. The Labute approximate surface area is 139 Å². The van der Waals surface area contributed by atoms with E-state index in [1.165, 1.54) is 24.4 Å². The molecule has 0 saturated carbocycles.